The van der Waals surface area contributed by atoms with Gasteiger partial charge in [0.15, 0.2) is 0 Å². The van der Waals surface area contributed by atoms with Gasteiger partial charge in [0.05, 0.1) is 12.7 Å². The maximum Gasteiger partial charge on any atom is 0.255 e. The highest BCUT2D eigenvalue weighted by Gasteiger charge is 2.33. The lowest BCUT2D eigenvalue weighted by Crippen LogP contribution is -2.49. The zero-order valence-electron chi connectivity index (χ0n) is 19.6. The second kappa shape index (κ2) is 10.7. The van der Waals surface area contributed by atoms with E-state index >= 15 is 0 Å². The molecular weight excluding hydrogens is 462 g/mol. The molecule has 0 saturated heterocycles. The maximum atomic E-state index is 13.6. The Bertz CT molecular complexity index is 1240. The molecular formula is C27H27N3O4S. The minimum absolute atomic E-state index is 0.259. The first-order chi connectivity index (χ1) is 16.9. The summed E-state index contributed by atoms with van der Waals surface area (Å²) in [4.78, 5) is 40.8. The molecule has 7 nitrogen and oxygen atoms in total. The smallest absolute Gasteiger partial charge is 0.255 e. The van der Waals surface area contributed by atoms with E-state index in [0.29, 0.717) is 35.5 Å². The number of nitrogens with zero attached hydrogens (tertiary/aromatic N) is 1. The number of fused-ring (bicyclic) bond motifs is 1. The summed E-state index contributed by atoms with van der Waals surface area (Å²) in [7, 11) is 1.61. The third-order valence-electron chi connectivity index (χ3n) is 5.94. The van der Waals surface area contributed by atoms with Gasteiger partial charge < -0.3 is 20.7 Å². The summed E-state index contributed by atoms with van der Waals surface area (Å²) in [6.45, 7) is 2.29. The molecule has 3 aromatic carbocycles. The molecule has 3 aromatic rings. The molecule has 4 rings (SSSR count). The number of nitrogens with two attached hydrogens (primary N) is 1. The lowest BCUT2D eigenvalue weighted by molar-refractivity contribution is -0.121. The van der Waals surface area contributed by atoms with Crippen LogP contribution in [-0.2, 0) is 11.2 Å². The van der Waals surface area contributed by atoms with Gasteiger partial charge in [0.1, 0.15) is 11.8 Å². The number of aryl methyl sites for hydroxylation is 1. The van der Waals surface area contributed by atoms with Gasteiger partial charge in [-0.3, -0.25) is 14.4 Å². The van der Waals surface area contributed by atoms with Gasteiger partial charge in [0.25, 0.3) is 11.8 Å². The Kier molecular flexibility index (Phi) is 7.41. The highest BCUT2D eigenvalue weighted by molar-refractivity contribution is 7.99. The first-order valence-corrected chi connectivity index (χ1v) is 12.2. The average Bonchev–Trinajstić information content (AvgIpc) is 2.99. The second-order valence-corrected chi connectivity index (χ2v) is 9.42. The summed E-state index contributed by atoms with van der Waals surface area (Å²) in [5, 5.41) is 2.86. The molecule has 180 valence electrons. The Hall–Kier alpha value is -3.78. The van der Waals surface area contributed by atoms with Crippen LogP contribution in [0.2, 0.25) is 0 Å². The number of methoxy groups -OCH3 is 1. The van der Waals surface area contributed by atoms with Crippen LogP contribution in [0.5, 0.6) is 5.75 Å². The van der Waals surface area contributed by atoms with Crippen LogP contribution in [0.1, 0.15) is 31.8 Å². The molecule has 0 bridgehead atoms. The van der Waals surface area contributed by atoms with E-state index in [4.69, 9.17) is 10.5 Å². The minimum atomic E-state index is -0.733. The van der Waals surface area contributed by atoms with Gasteiger partial charge in [-0.15, -0.1) is 11.8 Å². The number of carbonyl (C=O) groups excluding carboxylic acids is 3. The highest BCUT2D eigenvalue weighted by Crippen LogP contribution is 2.32. The molecule has 0 saturated carbocycles. The van der Waals surface area contributed by atoms with E-state index in [0.717, 1.165) is 21.8 Å². The molecule has 3 N–H and O–H groups in total. The number of ether oxygens (including phenoxy) is 1. The molecule has 1 aliphatic heterocycles. The molecule has 0 aromatic heterocycles. The first kappa shape index (κ1) is 24.3. The molecule has 0 spiro atoms. The van der Waals surface area contributed by atoms with Gasteiger partial charge in [-0.05, 0) is 61.4 Å². The fourth-order valence-corrected chi connectivity index (χ4v) is 5.05. The number of hydrogen-bond acceptors (Lipinski definition) is 5. The Morgan fingerprint density at radius 3 is 2.46 bits per heavy atom. The Morgan fingerprint density at radius 1 is 1.09 bits per heavy atom. The van der Waals surface area contributed by atoms with E-state index in [1.165, 1.54) is 16.7 Å². The summed E-state index contributed by atoms with van der Waals surface area (Å²) in [5.74, 6) is 0.0337. The molecule has 0 radical (unpaired) electrons. The second-order valence-electron chi connectivity index (χ2n) is 8.36. The normalized spacial score (nSPS) is 15.2. The fourth-order valence-electron chi connectivity index (χ4n) is 3.90. The van der Waals surface area contributed by atoms with E-state index in [9.17, 15) is 14.4 Å². The summed E-state index contributed by atoms with van der Waals surface area (Å²) in [6, 6.07) is 19.3. The van der Waals surface area contributed by atoms with E-state index in [2.05, 4.69) is 5.32 Å². The van der Waals surface area contributed by atoms with Crippen LogP contribution in [0, 0.1) is 6.92 Å². The molecule has 1 heterocycles. The van der Waals surface area contributed by atoms with E-state index < -0.39 is 11.9 Å². The number of primary amides is 1. The fraction of sp³-hybridized carbons (Fsp3) is 0.222. The van der Waals surface area contributed by atoms with Crippen LogP contribution in [0.15, 0.2) is 71.6 Å². The topological polar surface area (TPSA) is 102 Å². The van der Waals surface area contributed by atoms with E-state index in [1.54, 1.807) is 37.4 Å². The SMILES string of the molecule is COc1ccc(CCN2C(=O)c3cc(NC(=O)c4ccc(C)cc4)ccc3SCC2C(N)=O)cc1. The van der Waals surface area contributed by atoms with E-state index in [-0.39, 0.29) is 11.8 Å². The largest absolute Gasteiger partial charge is 0.497 e. The van der Waals surface area contributed by atoms with Crippen molar-refractivity contribution >= 4 is 35.2 Å². The monoisotopic (exact) mass is 489 g/mol. The Labute approximate surface area is 208 Å². The summed E-state index contributed by atoms with van der Waals surface area (Å²) < 4.78 is 5.20. The predicted octanol–water partition coefficient (Wildman–Crippen LogP) is 3.90. The number of benzene rings is 3. The number of amides is 3. The standard InChI is InChI=1S/C27H27N3O4S/c1-17-3-7-19(8-4-17)26(32)29-20-9-12-24-22(15-20)27(33)30(23(16-35-24)25(28)31)14-13-18-5-10-21(34-2)11-6-18/h3-12,15,23H,13-14,16H2,1-2H3,(H2,28,31)(H,29,32). The molecule has 1 atom stereocenters. The molecule has 3 amide bonds. The number of anilines is 1. The Balaban J connectivity index is 1.56. The van der Waals surface area contributed by atoms with Crippen molar-refractivity contribution in [1.82, 2.24) is 4.90 Å². The van der Waals surface area contributed by atoms with Gasteiger partial charge in [-0.2, -0.15) is 0 Å². The molecule has 0 fully saturated rings. The van der Waals surface area contributed by atoms with Crippen LogP contribution in [0.25, 0.3) is 0 Å². The molecule has 0 aliphatic carbocycles. The van der Waals surface area contributed by atoms with Crippen molar-refractivity contribution in [2.24, 2.45) is 5.73 Å². The van der Waals surface area contributed by atoms with Crippen molar-refractivity contribution in [2.45, 2.75) is 24.3 Å². The van der Waals surface area contributed by atoms with Crippen molar-refractivity contribution in [3.05, 3.63) is 89.0 Å². The van der Waals surface area contributed by atoms with Gasteiger partial charge in [0, 0.05) is 28.4 Å². The Morgan fingerprint density at radius 2 is 1.80 bits per heavy atom. The van der Waals surface area contributed by atoms with Crippen molar-refractivity contribution in [3.8, 4) is 5.75 Å². The average molecular weight is 490 g/mol. The maximum absolute atomic E-state index is 13.6. The summed E-state index contributed by atoms with van der Waals surface area (Å²) >= 11 is 1.41. The number of carbonyl (C=O) groups is 3. The van der Waals surface area contributed by atoms with Crippen LogP contribution < -0.4 is 15.8 Å². The van der Waals surface area contributed by atoms with Crippen LogP contribution in [0.3, 0.4) is 0 Å². The highest BCUT2D eigenvalue weighted by atomic mass is 32.2. The third-order valence-corrected chi connectivity index (χ3v) is 7.09. The van der Waals surface area contributed by atoms with Crippen LogP contribution in [0.4, 0.5) is 5.69 Å². The number of thioether (sulfide) groups is 1. The zero-order valence-corrected chi connectivity index (χ0v) is 20.4. The van der Waals surface area contributed by atoms with Crippen molar-refractivity contribution < 1.29 is 19.1 Å². The minimum Gasteiger partial charge on any atom is -0.497 e. The number of nitrogens with one attached hydrogen (secondary N) is 1. The molecule has 1 unspecified atom stereocenters. The summed E-state index contributed by atoms with van der Waals surface area (Å²) in [5.41, 5.74) is 9.24. The van der Waals surface area contributed by atoms with Gasteiger partial charge >= 0.3 is 0 Å². The van der Waals surface area contributed by atoms with Crippen molar-refractivity contribution in [1.29, 1.82) is 0 Å². The van der Waals surface area contributed by atoms with Gasteiger partial charge in [-0.25, -0.2) is 0 Å². The first-order valence-electron chi connectivity index (χ1n) is 11.2. The lowest BCUT2D eigenvalue weighted by atomic mass is 10.1. The molecule has 1 aliphatic rings. The zero-order chi connectivity index (χ0) is 24.9. The molecule has 35 heavy (non-hydrogen) atoms. The van der Waals surface area contributed by atoms with Crippen molar-refractivity contribution in [2.75, 3.05) is 24.7 Å². The summed E-state index contributed by atoms with van der Waals surface area (Å²) in [6.07, 6.45) is 0.559. The predicted molar refractivity (Wildman–Crippen MR) is 137 cm³/mol. The van der Waals surface area contributed by atoms with Crippen LogP contribution >= 0.6 is 11.8 Å². The van der Waals surface area contributed by atoms with Crippen molar-refractivity contribution in [3.63, 3.8) is 0 Å². The quantitative estimate of drug-likeness (QED) is 0.524. The van der Waals surface area contributed by atoms with E-state index in [1.807, 2.05) is 43.3 Å². The lowest BCUT2D eigenvalue weighted by Gasteiger charge is -2.27. The third kappa shape index (κ3) is 5.66. The molecule has 8 heteroatoms. The van der Waals surface area contributed by atoms with Gasteiger partial charge in [0.2, 0.25) is 5.91 Å². The van der Waals surface area contributed by atoms with Gasteiger partial charge in [-0.1, -0.05) is 29.8 Å². The number of hydrogen-bond donors (Lipinski definition) is 2. The number of rotatable bonds is 7. The van der Waals surface area contributed by atoms with Crippen LogP contribution in [-0.4, -0.2) is 48.1 Å².